The van der Waals surface area contributed by atoms with E-state index in [9.17, 15) is 10.1 Å². The largest absolute Gasteiger partial charge is 0.497 e. The normalized spacial score (nSPS) is 23.6. The van der Waals surface area contributed by atoms with Crippen molar-refractivity contribution in [3.63, 3.8) is 0 Å². The number of rotatable bonds is 3. The molecule has 1 fully saturated rings. The van der Waals surface area contributed by atoms with Gasteiger partial charge in [-0.25, -0.2) is 0 Å². The van der Waals surface area contributed by atoms with Gasteiger partial charge in [-0.1, -0.05) is 0 Å². The van der Waals surface area contributed by atoms with Crippen molar-refractivity contribution in [3.8, 4) is 5.75 Å². The lowest BCUT2D eigenvalue weighted by Crippen LogP contribution is -2.03. The van der Waals surface area contributed by atoms with Crippen LogP contribution in [0.2, 0.25) is 0 Å². The molecular weight excluding hydrogens is 196 g/mol. The number of benzene rings is 1. The van der Waals surface area contributed by atoms with E-state index in [0.29, 0.717) is 11.3 Å². The Bertz CT molecular complexity index is 406. The molecule has 1 saturated carbocycles. The van der Waals surface area contributed by atoms with Gasteiger partial charge in [-0.05, 0) is 18.6 Å². The van der Waals surface area contributed by atoms with E-state index in [2.05, 4.69) is 0 Å². The lowest BCUT2D eigenvalue weighted by molar-refractivity contribution is -0.385. The van der Waals surface area contributed by atoms with Crippen molar-refractivity contribution in [2.75, 3.05) is 7.11 Å². The van der Waals surface area contributed by atoms with Crippen LogP contribution in [0.15, 0.2) is 18.2 Å². The van der Waals surface area contributed by atoms with Gasteiger partial charge in [0.25, 0.3) is 5.69 Å². The van der Waals surface area contributed by atoms with Crippen molar-refractivity contribution >= 4 is 5.69 Å². The van der Waals surface area contributed by atoms with Crippen molar-refractivity contribution in [1.29, 1.82) is 0 Å². The molecule has 80 valence electrons. The van der Waals surface area contributed by atoms with Gasteiger partial charge in [-0.2, -0.15) is 0 Å². The molecule has 2 atom stereocenters. The zero-order valence-electron chi connectivity index (χ0n) is 8.34. The molecule has 0 spiro atoms. The van der Waals surface area contributed by atoms with Crippen molar-refractivity contribution in [2.24, 2.45) is 5.73 Å². The monoisotopic (exact) mass is 208 g/mol. The summed E-state index contributed by atoms with van der Waals surface area (Å²) >= 11 is 0. The summed E-state index contributed by atoms with van der Waals surface area (Å²) in [5, 5.41) is 10.8. The Morgan fingerprint density at radius 1 is 1.60 bits per heavy atom. The highest BCUT2D eigenvalue weighted by Gasteiger charge is 2.39. The predicted molar refractivity (Wildman–Crippen MR) is 55.0 cm³/mol. The maximum absolute atomic E-state index is 10.8. The minimum Gasteiger partial charge on any atom is -0.497 e. The maximum atomic E-state index is 10.8. The molecule has 2 unspecified atom stereocenters. The van der Waals surface area contributed by atoms with Crippen LogP contribution in [-0.2, 0) is 0 Å². The fraction of sp³-hybridized carbons (Fsp3) is 0.400. The fourth-order valence-electron chi connectivity index (χ4n) is 1.69. The molecule has 1 aliphatic carbocycles. The third-order valence-electron chi connectivity index (χ3n) is 2.67. The molecule has 0 saturated heterocycles. The van der Waals surface area contributed by atoms with E-state index in [-0.39, 0.29) is 22.6 Å². The zero-order valence-corrected chi connectivity index (χ0v) is 8.34. The van der Waals surface area contributed by atoms with Crippen LogP contribution in [0.1, 0.15) is 17.9 Å². The number of nitrogens with zero attached hydrogens (tertiary/aromatic N) is 1. The number of nitrogens with two attached hydrogens (primary N) is 1. The second kappa shape index (κ2) is 3.51. The maximum Gasteiger partial charge on any atom is 0.276 e. The lowest BCUT2D eigenvalue weighted by atomic mass is 10.1. The Kier molecular flexibility index (Phi) is 2.32. The smallest absolute Gasteiger partial charge is 0.276 e. The summed E-state index contributed by atoms with van der Waals surface area (Å²) in [6.45, 7) is 0. The Balaban J connectivity index is 2.40. The highest BCUT2D eigenvalue weighted by Crippen LogP contribution is 2.44. The van der Waals surface area contributed by atoms with Crippen molar-refractivity contribution in [3.05, 3.63) is 33.9 Å². The molecule has 0 amide bonds. The minimum atomic E-state index is -0.386. The van der Waals surface area contributed by atoms with Crippen molar-refractivity contribution in [1.82, 2.24) is 0 Å². The Morgan fingerprint density at radius 2 is 2.27 bits per heavy atom. The van der Waals surface area contributed by atoms with Crippen LogP contribution in [0.5, 0.6) is 5.75 Å². The molecule has 5 nitrogen and oxygen atoms in total. The number of nitro groups is 1. The van der Waals surface area contributed by atoms with E-state index in [0.717, 1.165) is 6.42 Å². The summed E-state index contributed by atoms with van der Waals surface area (Å²) < 4.78 is 4.95. The molecule has 5 heteroatoms. The van der Waals surface area contributed by atoms with Crippen LogP contribution >= 0.6 is 0 Å². The molecule has 0 bridgehead atoms. The summed E-state index contributed by atoms with van der Waals surface area (Å²) in [7, 11) is 1.49. The van der Waals surface area contributed by atoms with Crippen LogP contribution in [0.25, 0.3) is 0 Å². The zero-order chi connectivity index (χ0) is 11.0. The van der Waals surface area contributed by atoms with Crippen molar-refractivity contribution < 1.29 is 9.66 Å². The first kappa shape index (κ1) is 9.92. The SMILES string of the molecule is COc1ccc(C2CC2N)c([N+](=O)[O-])c1. The van der Waals surface area contributed by atoms with Crippen molar-refractivity contribution in [2.45, 2.75) is 18.4 Å². The highest BCUT2D eigenvalue weighted by atomic mass is 16.6. The predicted octanol–water partition coefficient (Wildman–Crippen LogP) is 1.42. The number of nitro benzene ring substituents is 1. The quantitative estimate of drug-likeness (QED) is 0.601. The molecule has 1 aromatic rings. The van der Waals surface area contributed by atoms with Crippen LogP contribution in [-0.4, -0.2) is 18.1 Å². The molecule has 2 rings (SSSR count). The van der Waals surface area contributed by atoms with Gasteiger partial charge in [0.2, 0.25) is 0 Å². The topological polar surface area (TPSA) is 78.4 Å². The summed E-state index contributed by atoms with van der Waals surface area (Å²) in [5.74, 6) is 0.635. The van der Waals surface area contributed by atoms with Gasteiger partial charge in [-0.3, -0.25) is 10.1 Å². The molecule has 1 aliphatic rings. The van der Waals surface area contributed by atoms with Crippen LogP contribution in [0.4, 0.5) is 5.69 Å². The standard InChI is InChI=1S/C10H12N2O3/c1-15-6-2-3-7(8-5-9(8)11)10(4-6)12(13)14/h2-4,8-9H,5,11H2,1H3. The van der Waals surface area contributed by atoms with E-state index in [4.69, 9.17) is 10.5 Å². The molecule has 0 heterocycles. The van der Waals surface area contributed by atoms with E-state index in [1.165, 1.54) is 13.2 Å². The summed E-state index contributed by atoms with van der Waals surface area (Å²) in [4.78, 5) is 10.5. The fourth-order valence-corrected chi connectivity index (χ4v) is 1.69. The van der Waals surface area contributed by atoms with Gasteiger partial charge >= 0.3 is 0 Å². The molecule has 1 aromatic carbocycles. The third-order valence-corrected chi connectivity index (χ3v) is 2.67. The average molecular weight is 208 g/mol. The van der Waals surface area contributed by atoms with Gasteiger partial charge < -0.3 is 10.5 Å². The summed E-state index contributed by atoms with van der Waals surface area (Å²) in [6.07, 6.45) is 0.827. The third kappa shape index (κ3) is 1.78. The van der Waals surface area contributed by atoms with Crippen LogP contribution in [0.3, 0.4) is 0 Å². The molecule has 0 aliphatic heterocycles. The number of hydrogen-bond acceptors (Lipinski definition) is 4. The van der Waals surface area contributed by atoms with Crippen LogP contribution in [0, 0.1) is 10.1 Å². The Labute approximate surface area is 87.0 Å². The first-order chi connectivity index (χ1) is 7.13. The number of hydrogen-bond donors (Lipinski definition) is 1. The summed E-state index contributed by atoms with van der Waals surface area (Å²) in [6, 6.07) is 4.97. The van der Waals surface area contributed by atoms with Gasteiger partial charge in [0.15, 0.2) is 0 Å². The van der Waals surface area contributed by atoms with E-state index >= 15 is 0 Å². The van der Waals surface area contributed by atoms with Gasteiger partial charge in [0.05, 0.1) is 18.1 Å². The van der Waals surface area contributed by atoms with E-state index < -0.39 is 0 Å². The van der Waals surface area contributed by atoms with Crippen LogP contribution < -0.4 is 10.5 Å². The van der Waals surface area contributed by atoms with E-state index in [1.54, 1.807) is 12.1 Å². The second-order valence-electron chi connectivity index (χ2n) is 3.69. The van der Waals surface area contributed by atoms with E-state index in [1.807, 2.05) is 0 Å². The number of methoxy groups -OCH3 is 1. The minimum absolute atomic E-state index is 0.0668. The molecule has 0 aromatic heterocycles. The Hall–Kier alpha value is -1.62. The lowest BCUT2D eigenvalue weighted by Gasteiger charge is -2.04. The van der Waals surface area contributed by atoms with Gasteiger partial charge in [-0.15, -0.1) is 0 Å². The highest BCUT2D eigenvalue weighted by molar-refractivity contribution is 5.50. The molecule has 0 radical (unpaired) electrons. The number of ether oxygens (including phenoxy) is 1. The molecular formula is C10H12N2O3. The molecule has 2 N–H and O–H groups in total. The van der Waals surface area contributed by atoms with Gasteiger partial charge in [0.1, 0.15) is 5.75 Å². The Morgan fingerprint density at radius 3 is 2.73 bits per heavy atom. The van der Waals surface area contributed by atoms with Gasteiger partial charge in [0, 0.05) is 17.5 Å². The average Bonchev–Trinajstić information content (AvgIpc) is 2.94. The first-order valence-electron chi connectivity index (χ1n) is 4.71. The first-order valence-corrected chi connectivity index (χ1v) is 4.71. The second-order valence-corrected chi connectivity index (χ2v) is 3.69. The molecule has 15 heavy (non-hydrogen) atoms. The summed E-state index contributed by atoms with van der Waals surface area (Å²) in [5.41, 5.74) is 6.50.